The average molecular weight is 229 g/mol. The van der Waals surface area contributed by atoms with Crippen LogP contribution in [0, 0.1) is 6.92 Å². The van der Waals surface area contributed by atoms with E-state index in [1.54, 1.807) is 6.08 Å². The van der Waals surface area contributed by atoms with Crippen molar-refractivity contribution in [3.05, 3.63) is 41.6 Å². The molecule has 1 aromatic carbocycles. The molecule has 3 heteroatoms. The van der Waals surface area contributed by atoms with Gasteiger partial charge in [-0.2, -0.15) is 0 Å². The fourth-order valence-corrected chi connectivity index (χ4v) is 2.19. The third-order valence-corrected chi connectivity index (χ3v) is 2.98. The summed E-state index contributed by atoms with van der Waals surface area (Å²) in [5.74, 6) is -0.769. The summed E-state index contributed by atoms with van der Waals surface area (Å²) in [6, 6.07) is 5.96. The second kappa shape index (κ2) is 4.45. The highest BCUT2D eigenvalue weighted by atomic mass is 16.4. The maximum atomic E-state index is 10.7. The molecule has 0 amide bonds. The number of carboxylic acids is 1. The molecule has 2 aromatic rings. The monoisotopic (exact) mass is 229 g/mol. The van der Waals surface area contributed by atoms with Crippen LogP contribution in [0.1, 0.15) is 23.2 Å². The molecule has 1 aromatic heterocycles. The second-order valence-corrected chi connectivity index (χ2v) is 4.10. The highest BCUT2D eigenvalue weighted by molar-refractivity contribution is 5.92. The quantitative estimate of drug-likeness (QED) is 0.846. The number of fused-ring (bicyclic) bond motifs is 1. The Labute approximate surface area is 99.8 Å². The topological polar surface area (TPSA) is 53.1 Å². The number of hydrogen-bond acceptors (Lipinski definition) is 1. The van der Waals surface area contributed by atoms with E-state index < -0.39 is 5.97 Å². The Hall–Kier alpha value is -2.03. The molecule has 0 spiro atoms. The molecule has 2 rings (SSSR count). The highest BCUT2D eigenvalue weighted by Gasteiger charge is 2.11. The number of carbonyl (C=O) groups is 1. The normalized spacial score (nSPS) is 10.6. The first-order chi connectivity index (χ1) is 8.13. The maximum absolute atomic E-state index is 10.7. The third kappa shape index (κ3) is 2.09. The predicted molar refractivity (Wildman–Crippen MR) is 69.1 cm³/mol. The van der Waals surface area contributed by atoms with Crippen LogP contribution in [0.3, 0.4) is 0 Å². The van der Waals surface area contributed by atoms with Gasteiger partial charge in [-0.05, 0) is 30.5 Å². The van der Waals surface area contributed by atoms with Gasteiger partial charge in [0, 0.05) is 23.0 Å². The third-order valence-electron chi connectivity index (χ3n) is 2.98. The lowest BCUT2D eigenvalue weighted by molar-refractivity contribution is -0.136. The Bertz CT molecular complexity index is 581. The molecule has 17 heavy (non-hydrogen) atoms. The molecule has 0 radical (unpaired) electrons. The van der Waals surface area contributed by atoms with Gasteiger partial charge >= 0.3 is 5.97 Å². The number of aryl methyl sites for hydroxylation is 2. The van der Waals surface area contributed by atoms with Crippen LogP contribution in [0.25, 0.3) is 17.0 Å². The van der Waals surface area contributed by atoms with Crippen molar-refractivity contribution < 1.29 is 9.90 Å². The van der Waals surface area contributed by atoms with Gasteiger partial charge in [0.2, 0.25) is 0 Å². The molecule has 88 valence electrons. The molecule has 0 aliphatic carbocycles. The van der Waals surface area contributed by atoms with Crippen molar-refractivity contribution in [2.24, 2.45) is 0 Å². The van der Waals surface area contributed by atoms with E-state index in [9.17, 15) is 4.79 Å². The van der Waals surface area contributed by atoms with E-state index in [-0.39, 0.29) is 6.42 Å². The van der Waals surface area contributed by atoms with Crippen LogP contribution < -0.4 is 0 Å². The highest BCUT2D eigenvalue weighted by Crippen LogP contribution is 2.27. The van der Waals surface area contributed by atoms with E-state index in [1.165, 1.54) is 0 Å². The number of H-pyrrole nitrogens is 1. The van der Waals surface area contributed by atoms with E-state index in [0.29, 0.717) is 6.42 Å². The van der Waals surface area contributed by atoms with Crippen LogP contribution in [-0.4, -0.2) is 16.1 Å². The fourth-order valence-electron chi connectivity index (χ4n) is 2.19. The summed E-state index contributed by atoms with van der Waals surface area (Å²) in [6.45, 7) is 5.77. The van der Waals surface area contributed by atoms with E-state index in [0.717, 1.165) is 27.7 Å². The van der Waals surface area contributed by atoms with Crippen molar-refractivity contribution in [1.82, 2.24) is 4.98 Å². The maximum Gasteiger partial charge on any atom is 0.303 e. The summed E-state index contributed by atoms with van der Waals surface area (Å²) < 4.78 is 0. The second-order valence-electron chi connectivity index (χ2n) is 4.10. The summed E-state index contributed by atoms with van der Waals surface area (Å²) in [4.78, 5) is 14.0. The van der Waals surface area contributed by atoms with Crippen LogP contribution in [0.15, 0.2) is 24.8 Å². The van der Waals surface area contributed by atoms with Crippen molar-refractivity contribution in [2.75, 3.05) is 0 Å². The van der Waals surface area contributed by atoms with Crippen LogP contribution in [0.4, 0.5) is 0 Å². The van der Waals surface area contributed by atoms with Gasteiger partial charge in [0.1, 0.15) is 0 Å². The molecule has 1 heterocycles. The van der Waals surface area contributed by atoms with Crippen molar-refractivity contribution >= 4 is 22.9 Å². The molecule has 0 atom stereocenters. The minimum absolute atomic E-state index is 0.152. The fraction of sp³-hybridized carbons (Fsp3) is 0.214. The zero-order valence-electron chi connectivity index (χ0n) is 9.79. The van der Waals surface area contributed by atoms with E-state index in [4.69, 9.17) is 5.11 Å². The van der Waals surface area contributed by atoms with Gasteiger partial charge < -0.3 is 10.1 Å². The molecule has 0 aliphatic rings. The van der Waals surface area contributed by atoms with E-state index >= 15 is 0 Å². The smallest absolute Gasteiger partial charge is 0.303 e. The van der Waals surface area contributed by atoms with Crippen LogP contribution in [-0.2, 0) is 11.2 Å². The minimum Gasteiger partial charge on any atom is -0.481 e. The van der Waals surface area contributed by atoms with Gasteiger partial charge in [0.05, 0.1) is 0 Å². The standard InChI is InChI=1S/C14H15NO2/c1-3-10-5-4-6-12-14(10)11(9(2)15-12)7-8-13(16)17/h3-6,15H,1,7-8H2,2H3,(H,16,17). The molecule has 0 saturated heterocycles. The molecule has 0 bridgehead atoms. The Morgan fingerprint density at radius 1 is 1.53 bits per heavy atom. The first kappa shape index (κ1) is 11.5. The lowest BCUT2D eigenvalue weighted by Crippen LogP contribution is -1.98. The number of nitrogens with one attached hydrogen (secondary N) is 1. The van der Waals surface area contributed by atoms with E-state index in [1.807, 2.05) is 25.1 Å². The summed E-state index contributed by atoms with van der Waals surface area (Å²) in [6.07, 6.45) is 2.51. The Kier molecular flexibility index (Phi) is 3.00. The largest absolute Gasteiger partial charge is 0.481 e. The number of benzene rings is 1. The number of carboxylic acid groups (broad SMARTS) is 1. The van der Waals surface area contributed by atoms with Crippen molar-refractivity contribution in [3.8, 4) is 0 Å². The molecule has 3 nitrogen and oxygen atoms in total. The van der Waals surface area contributed by atoms with Crippen molar-refractivity contribution in [1.29, 1.82) is 0 Å². The average Bonchev–Trinajstić information content (AvgIpc) is 2.61. The molecular formula is C14H15NO2. The Balaban J connectivity index is 2.56. The lowest BCUT2D eigenvalue weighted by Gasteiger charge is -2.02. The SMILES string of the molecule is C=Cc1cccc2[nH]c(C)c(CCC(=O)O)c12. The molecule has 0 saturated carbocycles. The zero-order valence-corrected chi connectivity index (χ0v) is 9.79. The molecule has 0 aliphatic heterocycles. The minimum atomic E-state index is -0.769. The summed E-state index contributed by atoms with van der Waals surface area (Å²) >= 11 is 0. The van der Waals surface area contributed by atoms with Gasteiger partial charge in [-0.3, -0.25) is 4.79 Å². The first-order valence-corrected chi connectivity index (χ1v) is 5.58. The van der Waals surface area contributed by atoms with Gasteiger partial charge in [-0.15, -0.1) is 0 Å². The number of aliphatic carboxylic acids is 1. The zero-order chi connectivity index (χ0) is 12.4. The van der Waals surface area contributed by atoms with Gasteiger partial charge in [0.15, 0.2) is 0 Å². The Morgan fingerprint density at radius 2 is 2.29 bits per heavy atom. The summed E-state index contributed by atoms with van der Waals surface area (Å²) in [5.41, 5.74) is 4.21. The number of hydrogen-bond donors (Lipinski definition) is 2. The molecular weight excluding hydrogens is 214 g/mol. The number of rotatable bonds is 4. The van der Waals surface area contributed by atoms with Crippen LogP contribution in [0.2, 0.25) is 0 Å². The molecule has 2 N–H and O–H groups in total. The van der Waals surface area contributed by atoms with E-state index in [2.05, 4.69) is 11.6 Å². The van der Waals surface area contributed by atoms with Crippen LogP contribution >= 0.6 is 0 Å². The van der Waals surface area contributed by atoms with Crippen molar-refractivity contribution in [2.45, 2.75) is 19.8 Å². The number of aromatic amines is 1. The van der Waals surface area contributed by atoms with Crippen LogP contribution in [0.5, 0.6) is 0 Å². The number of aromatic nitrogens is 1. The van der Waals surface area contributed by atoms with Gasteiger partial charge in [-0.1, -0.05) is 24.8 Å². The van der Waals surface area contributed by atoms with Crippen molar-refractivity contribution in [3.63, 3.8) is 0 Å². The van der Waals surface area contributed by atoms with Gasteiger partial charge in [0.25, 0.3) is 0 Å². The lowest BCUT2D eigenvalue weighted by atomic mass is 10.0. The Morgan fingerprint density at radius 3 is 2.94 bits per heavy atom. The molecule has 0 fully saturated rings. The summed E-state index contributed by atoms with van der Waals surface area (Å²) in [7, 11) is 0. The molecule has 0 unspecified atom stereocenters. The summed E-state index contributed by atoms with van der Waals surface area (Å²) in [5, 5.41) is 9.87. The first-order valence-electron chi connectivity index (χ1n) is 5.58. The predicted octanol–water partition coefficient (Wildman–Crippen LogP) is 3.14. The van der Waals surface area contributed by atoms with Gasteiger partial charge in [-0.25, -0.2) is 0 Å².